The van der Waals surface area contributed by atoms with Crippen molar-refractivity contribution in [2.24, 2.45) is 0 Å². The van der Waals surface area contributed by atoms with Crippen molar-refractivity contribution in [3.8, 4) is 5.75 Å². The molecule has 21 heavy (non-hydrogen) atoms. The molecular formula is C16H26N2O3. The van der Waals surface area contributed by atoms with E-state index in [0.717, 1.165) is 23.3 Å². The van der Waals surface area contributed by atoms with Crippen LogP contribution in [0.25, 0.3) is 0 Å². The molecule has 3 N–H and O–H groups in total. The highest BCUT2D eigenvalue weighted by atomic mass is 16.5. The van der Waals surface area contributed by atoms with Crippen molar-refractivity contribution in [1.82, 2.24) is 10.6 Å². The monoisotopic (exact) mass is 294 g/mol. The van der Waals surface area contributed by atoms with E-state index in [0.29, 0.717) is 19.6 Å². The zero-order chi connectivity index (χ0) is 15.7. The summed E-state index contributed by atoms with van der Waals surface area (Å²) < 4.78 is 5.71. The Labute approximate surface area is 126 Å². The molecule has 0 aliphatic carbocycles. The third-order valence-corrected chi connectivity index (χ3v) is 3.06. The molecular weight excluding hydrogens is 268 g/mol. The van der Waals surface area contributed by atoms with Gasteiger partial charge < -0.3 is 20.5 Å². The second-order valence-corrected chi connectivity index (χ2v) is 5.20. The van der Waals surface area contributed by atoms with E-state index in [1.165, 1.54) is 0 Å². The molecule has 1 aromatic carbocycles. The van der Waals surface area contributed by atoms with Crippen LogP contribution < -0.4 is 15.4 Å². The highest BCUT2D eigenvalue weighted by molar-refractivity contribution is 5.74. The van der Waals surface area contributed by atoms with E-state index < -0.39 is 0 Å². The predicted octanol–water partition coefficient (Wildman–Crippen LogP) is 2.35. The molecule has 0 fully saturated rings. The molecule has 0 radical (unpaired) electrons. The number of carbonyl (C=O) groups excluding carboxylic acids is 1. The van der Waals surface area contributed by atoms with Crippen LogP contribution in [0.1, 0.15) is 37.8 Å². The Morgan fingerprint density at radius 3 is 2.86 bits per heavy atom. The summed E-state index contributed by atoms with van der Waals surface area (Å²) in [5, 5.41) is 14.4. The Hall–Kier alpha value is -1.75. The van der Waals surface area contributed by atoms with E-state index in [1.807, 2.05) is 32.0 Å². The van der Waals surface area contributed by atoms with Gasteiger partial charge in [-0.05, 0) is 38.3 Å². The molecule has 2 amide bonds. The Morgan fingerprint density at radius 2 is 2.19 bits per heavy atom. The maximum Gasteiger partial charge on any atom is 0.315 e. The number of aliphatic hydroxyl groups excluding tert-OH is 1. The number of urea groups is 1. The number of rotatable bonds is 8. The fourth-order valence-electron chi connectivity index (χ4n) is 1.87. The van der Waals surface area contributed by atoms with Crippen LogP contribution in [0.3, 0.4) is 0 Å². The standard InChI is InChI=1S/C16H26N2O3/c1-4-9-21-15-10-12(2)5-6-14(15)11-17-16(20)18-13(3)7-8-19/h5-6,10,13,19H,4,7-9,11H2,1-3H3,(H2,17,18,20)/t13-/m1/s1. The molecule has 0 spiro atoms. The van der Waals surface area contributed by atoms with Gasteiger partial charge >= 0.3 is 6.03 Å². The fourth-order valence-corrected chi connectivity index (χ4v) is 1.87. The van der Waals surface area contributed by atoms with Gasteiger partial charge in [0.25, 0.3) is 0 Å². The summed E-state index contributed by atoms with van der Waals surface area (Å²) in [5.41, 5.74) is 2.09. The number of nitrogens with one attached hydrogen (secondary N) is 2. The van der Waals surface area contributed by atoms with Gasteiger partial charge in [0.2, 0.25) is 0 Å². The molecule has 0 saturated heterocycles. The predicted molar refractivity (Wildman–Crippen MR) is 83.5 cm³/mol. The summed E-state index contributed by atoms with van der Waals surface area (Å²) in [5.74, 6) is 0.820. The maximum absolute atomic E-state index is 11.7. The van der Waals surface area contributed by atoms with Crippen molar-refractivity contribution < 1.29 is 14.6 Å². The van der Waals surface area contributed by atoms with Crippen LogP contribution in [-0.4, -0.2) is 30.4 Å². The smallest absolute Gasteiger partial charge is 0.315 e. The first-order chi connectivity index (χ1) is 10.1. The summed E-state index contributed by atoms with van der Waals surface area (Å²) >= 11 is 0. The van der Waals surface area contributed by atoms with Crippen LogP contribution in [0, 0.1) is 6.92 Å². The normalized spacial score (nSPS) is 11.8. The van der Waals surface area contributed by atoms with Gasteiger partial charge in [-0.15, -0.1) is 0 Å². The van der Waals surface area contributed by atoms with Gasteiger partial charge in [0, 0.05) is 24.8 Å². The van der Waals surface area contributed by atoms with E-state index in [2.05, 4.69) is 17.6 Å². The number of hydrogen-bond acceptors (Lipinski definition) is 3. The molecule has 1 rings (SSSR count). The largest absolute Gasteiger partial charge is 0.493 e. The third-order valence-electron chi connectivity index (χ3n) is 3.06. The van der Waals surface area contributed by atoms with Crippen molar-refractivity contribution in [3.05, 3.63) is 29.3 Å². The summed E-state index contributed by atoms with van der Waals surface area (Å²) in [4.78, 5) is 11.7. The zero-order valence-electron chi connectivity index (χ0n) is 13.1. The quantitative estimate of drug-likeness (QED) is 0.689. The van der Waals surface area contributed by atoms with Gasteiger partial charge in [0.1, 0.15) is 5.75 Å². The SMILES string of the molecule is CCCOc1cc(C)ccc1CNC(=O)N[C@H](C)CCO. The van der Waals surface area contributed by atoms with Gasteiger partial charge in [-0.1, -0.05) is 19.1 Å². The van der Waals surface area contributed by atoms with Crippen molar-refractivity contribution in [1.29, 1.82) is 0 Å². The van der Waals surface area contributed by atoms with Gasteiger partial charge in [-0.25, -0.2) is 4.79 Å². The summed E-state index contributed by atoms with van der Waals surface area (Å²) in [7, 11) is 0. The lowest BCUT2D eigenvalue weighted by Gasteiger charge is -2.15. The van der Waals surface area contributed by atoms with Crippen molar-refractivity contribution in [2.75, 3.05) is 13.2 Å². The fraction of sp³-hybridized carbons (Fsp3) is 0.562. The molecule has 5 nitrogen and oxygen atoms in total. The minimum absolute atomic E-state index is 0.0520. The van der Waals surface area contributed by atoms with Crippen LogP contribution in [0.15, 0.2) is 18.2 Å². The zero-order valence-corrected chi connectivity index (χ0v) is 13.1. The minimum Gasteiger partial charge on any atom is -0.493 e. The molecule has 0 aliphatic rings. The number of amides is 2. The summed E-state index contributed by atoms with van der Waals surface area (Å²) in [6.07, 6.45) is 1.49. The molecule has 5 heteroatoms. The van der Waals surface area contributed by atoms with Crippen LogP contribution in [0.5, 0.6) is 5.75 Å². The lowest BCUT2D eigenvalue weighted by atomic mass is 10.1. The van der Waals surface area contributed by atoms with Crippen molar-refractivity contribution in [2.45, 2.75) is 46.2 Å². The molecule has 0 bridgehead atoms. The number of benzene rings is 1. The molecule has 118 valence electrons. The average Bonchev–Trinajstić information content (AvgIpc) is 2.44. The average molecular weight is 294 g/mol. The molecule has 0 saturated carbocycles. The van der Waals surface area contributed by atoms with E-state index in [9.17, 15) is 4.79 Å². The molecule has 0 unspecified atom stereocenters. The number of hydrogen-bond donors (Lipinski definition) is 3. The first-order valence-electron chi connectivity index (χ1n) is 7.44. The van der Waals surface area contributed by atoms with Crippen LogP contribution in [-0.2, 0) is 6.54 Å². The first kappa shape index (κ1) is 17.3. The molecule has 0 aliphatic heterocycles. The number of aryl methyl sites for hydroxylation is 1. The van der Waals surface area contributed by atoms with E-state index >= 15 is 0 Å². The Balaban J connectivity index is 2.55. The van der Waals surface area contributed by atoms with Crippen molar-refractivity contribution in [3.63, 3.8) is 0 Å². The number of aliphatic hydroxyl groups is 1. The van der Waals surface area contributed by atoms with Gasteiger partial charge in [0.15, 0.2) is 0 Å². The first-order valence-corrected chi connectivity index (χ1v) is 7.44. The van der Waals surface area contributed by atoms with Crippen LogP contribution in [0.2, 0.25) is 0 Å². The number of carbonyl (C=O) groups is 1. The minimum atomic E-state index is -0.238. The summed E-state index contributed by atoms with van der Waals surface area (Å²) in [6.45, 7) is 7.07. The second kappa shape index (κ2) is 9.23. The third kappa shape index (κ3) is 6.49. The van der Waals surface area contributed by atoms with Gasteiger partial charge in [-0.2, -0.15) is 0 Å². The molecule has 1 atom stereocenters. The topological polar surface area (TPSA) is 70.6 Å². The maximum atomic E-state index is 11.7. The summed E-state index contributed by atoms with van der Waals surface area (Å²) in [6, 6.07) is 5.67. The lowest BCUT2D eigenvalue weighted by molar-refractivity contribution is 0.230. The Morgan fingerprint density at radius 1 is 1.43 bits per heavy atom. The highest BCUT2D eigenvalue weighted by Crippen LogP contribution is 2.20. The van der Waals surface area contributed by atoms with E-state index in [-0.39, 0.29) is 18.7 Å². The Bertz CT molecular complexity index is 449. The Kier molecular flexibility index (Phi) is 7.61. The van der Waals surface area contributed by atoms with Crippen molar-refractivity contribution >= 4 is 6.03 Å². The van der Waals surface area contributed by atoms with Crippen LogP contribution in [0.4, 0.5) is 4.79 Å². The van der Waals surface area contributed by atoms with E-state index in [4.69, 9.17) is 9.84 Å². The lowest BCUT2D eigenvalue weighted by Crippen LogP contribution is -2.40. The number of ether oxygens (including phenoxy) is 1. The highest BCUT2D eigenvalue weighted by Gasteiger charge is 2.08. The second-order valence-electron chi connectivity index (χ2n) is 5.20. The molecule has 1 aromatic rings. The van der Waals surface area contributed by atoms with Gasteiger partial charge in [-0.3, -0.25) is 0 Å². The molecule has 0 heterocycles. The molecule has 0 aromatic heterocycles. The van der Waals surface area contributed by atoms with Gasteiger partial charge in [0.05, 0.1) is 6.61 Å². The van der Waals surface area contributed by atoms with Crippen LogP contribution >= 0.6 is 0 Å². The van der Waals surface area contributed by atoms with E-state index in [1.54, 1.807) is 0 Å².